The molecule has 4 fully saturated rings. The third kappa shape index (κ3) is 6.37. The Hall–Kier alpha value is -0.110. The molecule has 10 nitrogen and oxygen atoms in total. The third-order valence-corrected chi connectivity index (χ3v) is 8.34. The molecule has 3 unspecified atom stereocenters. The molecule has 11 heteroatoms. The van der Waals surface area contributed by atoms with Crippen LogP contribution in [0.1, 0.15) is 39.0 Å². The Balaban J connectivity index is 1.19. The maximum atomic E-state index is 10.8. The van der Waals surface area contributed by atoms with Crippen LogP contribution in [0.15, 0.2) is 0 Å². The highest BCUT2D eigenvalue weighted by Gasteiger charge is 2.51. The molecule has 0 spiro atoms. The summed E-state index contributed by atoms with van der Waals surface area (Å²) in [5, 5.41) is 35.4. The van der Waals surface area contributed by atoms with E-state index in [0.717, 1.165) is 44.9 Å². The molecule has 3 saturated heterocycles. The molecule has 4 rings (SSSR count). The van der Waals surface area contributed by atoms with E-state index >= 15 is 0 Å². The Morgan fingerprint density at radius 3 is 2.67 bits per heavy atom. The van der Waals surface area contributed by atoms with Crippen LogP contribution in [-0.2, 0) is 4.74 Å². The quantitative estimate of drug-likeness (QED) is 0.144. The number of alkyl halides is 1. The summed E-state index contributed by atoms with van der Waals surface area (Å²) in [4.78, 5) is 4.31. The average Bonchev–Trinajstić information content (AvgIpc) is 3.36. The van der Waals surface area contributed by atoms with Gasteiger partial charge in [-0.15, -0.1) is 11.6 Å². The van der Waals surface area contributed by atoms with E-state index in [-0.39, 0.29) is 18.4 Å². The Bertz CT molecular complexity index is 600. The van der Waals surface area contributed by atoms with Crippen LogP contribution >= 0.6 is 11.6 Å². The van der Waals surface area contributed by atoms with Crippen LogP contribution < -0.4 is 27.0 Å². The number of hydrogen-bond donors (Lipinski definition) is 7. The number of halogens is 1. The summed E-state index contributed by atoms with van der Waals surface area (Å²) >= 11 is 6.21. The fourth-order valence-corrected chi connectivity index (χ4v) is 5.97. The first kappa shape index (κ1) is 26.0. The predicted octanol–water partition coefficient (Wildman–Crippen LogP) is -1.48. The molecule has 4 aliphatic rings. The molecule has 1 saturated carbocycles. The first-order valence-electron chi connectivity index (χ1n) is 12.8. The second-order valence-corrected chi connectivity index (χ2v) is 10.7. The summed E-state index contributed by atoms with van der Waals surface area (Å²) in [7, 11) is 0. The summed E-state index contributed by atoms with van der Waals surface area (Å²) in [6, 6.07) is 0.0222. The van der Waals surface area contributed by atoms with Crippen molar-refractivity contribution in [2.24, 2.45) is 11.7 Å². The zero-order valence-electron chi connectivity index (χ0n) is 19.8. The summed E-state index contributed by atoms with van der Waals surface area (Å²) in [6.45, 7) is 7.55. The van der Waals surface area contributed by atoms with E-state index in [1.54, 1.807) is 0 Å². The molecule has 0 aromatic rings. The zero-order valence-corrected chi connectivity index (χ0v) is 20.6. The Labute approximate surface area is 202 Å². The van der Waals surface area contributed by atoms with Crippen LogP contribution in [0.2, 0.25) is 0 Å². The molecule has 8 N–H and O–H groups in total. The molecule has 3 aliphatic heterocycles. The number of fused-ring (bicyclic) bond motifs is 1. The number of aliphatic hydroxyl groups excluding tert-OH is 2. The van der Waals surface area contributed by atoms with Crippen LogP contribution in [0.4, 0.5) is 0 Å². The molecule has 1 aliphatic carbocycles. The minimum absolute atomic E-state index is 0.0222. The lowest BCUT2D eigenvalue weighted by molar-refractivity contribution is -0.106. The van der Waals surface area contributed by atoms with Gasteiger partial charge in [-0.3, -0.25) is 20.9 Å². The lowest BCUT2D eigenvalue weighted by atomic mass is 9.87. The van der Waals surface area contributed by atoms with Crippen molar-refractivity contribution < 1.29 is 14.9 Å². The normalized spacial score (nSPS) is 42.2. The molecule has 0 bridgehead atoms. The van der Waals surface area contributed by atoms with Crippen molar-refractivity contribution in [2.45, 2.75) is 87.3 Å². The second-order valence-electron chi connectivity index (χ2n) is 10.1. The number of likely N-dealkylation sites (N-methyl/N-ethyl adjacent to an activating group) is 1. The van der Waals surface area contributed by atoms with Crippen LogP contribution in [0, 0.1) is 5.92 Å². The SMILES string of the molecule is CCN(CCNCCC1CCC(Cl)CC1)C[C@H]1O[C@@H](N2CNC3C(N)NCNC32)[C@H](O)[C@@H]1O. The number of rotatable bonds is 10. The smallest absolute Gasteiger partial charge is 0.142 e. The summed E-state index contributed by atoms with van der Waals surface area (Å²) in [5.74, 6) is 0.805. The van der Waals surface area contributed by atoms with E-state index in [2.05, 4.69) is 33.1 Å². The Morgan fingerprint density at radius 2 is 1.91 bits per heavy atom. The minimum Gasteiger partial charge on any atom is -0.387 e. The van der Waals surface area contributed by atoms with E-state index in [1.165, 1.54) is 19.3 Å². The number of ether oxygens (including phenoxy) is 1. The zero-order chi connectivity index (χ0) is 23.4. The first-order chi connectivity index (χ1) is 16.0. The standard InChI is InChI=1S/C22H44ClN7O3/c1-2-29(10-9-25-8-7-14-3-5-15(23)6-4-14)11-16-18(31)19(32)22(33-16)30-13-28-17-20(24)26-12-27-21(17)30/h14-22,25-28,31-32H,2-13,24H2,1H3/t14?,15?,16-,17?,18-,19-,20?,21?,22-/m1/s1. The van der Waals surface area contributed by atoms with Gasteiger partial charge in [0.1, 0.15) is 24.5 Å². The van der Waals surface area contributed by atoms with E-state index < -0.39 is 24.5 Å². The number of hydrogen-bond acceptors (Lipinski definition) is 10. The van der Waals surface area contributed by atoms with E-state index in [4.69, 9.17) is 22.1 Å². The Kier molecular flexibility index (Phi) is 9.62. The van der Waals surface area contributed by atoms with Gasteiger partial charge in [-0.05, 0) is 51.1 Å². The molecule has 7 atom stereocenters. The van der Waals surface area contributed by atoms with Crippen LogP contribution in [-0.4, -0.2) is 114 Å². The fourth-order valence-electron chi connectivity index (χ4n) is 5.72. The Morgan fingerprint density at radius 1 is 1.12 bits per heavy atom. The van der Waals surface area contributed by atoms with Gasteiger partial charge in [-0.1, -0.05) is 6.92 Å². The lowest BCUT2D eigenvalue weighted by Crippen LogP contribution is -2.68. The largest absolute Gasteiger partial charge is 0.387 e. The topological polar surface area (TPSA) is 130 Å². The van der Waals surface area contributed by atoms with Gasteiger partial charge in [0.25, 0.3) is 0 Å². The van der Waals surface area contributed by atoms with Crippen molar-refractivity contribution >= 4 is 11.6 Å². The molecule has 0 radical (unpaired) electrons. The molecule has 0 aromatic carbocycles. The number of nitrogens with zero attached hydrogens (tertiary/aromatic N) is 2. The maximum Gasteiger partial charge on any atom is 0.142 e. The van der Waals surface area contributed by atoms with Crippen molar-refractivity contribution in [3.63, 3.8) is 0 Å². The molecule has 0 amide bonds. The minimum atomic E-state index is -0.955. The molecule has 33 heavy (non-hydrogen) atoms. The van der Waals surface area contributed by atoms with Crippen LogP contribution in [0.25, 0.3) is 0 Å². The average molecular weight is 490 g/mol. The van der Waals surface area contributed by atoms with E-state index in [9.17, 15) is 10.2 Å². The van der Waals surface area contributed by atoms with Gasteiger partial charge in [0.05, 0.1) is 25.0 Å². The predicted molar refractivity (Wildman–Crippen MR) is 128 cm³/mol. The molecular weight excluding hydrogens is 446 g/mol. The van der Waals surface area contributed by atoms with Gasteiger partial charge >= 0.3 is 0 Å². The highest BCUT2D eigenvalue weighted by molar-refractivity contribution is 6.20. The maximum absolute atomic E-state index is 10.8. The molecular formula is C22H44ClN7O3. The fraction of sp³-hybridized carbons (Fsp3) is 1.00. The second kappa shape index (κ2) is 12.2. The number of nitrogens with two attached hydrogens (primary N) is 1. The van der Waals surface area contributed by atoms with E-state index in [0.29, 0.717) is 25.3 Å². The molecule has 192 valence electrons. The van der Waals surface area contributed by atoms with Crippen molar-refractivity contribution in [2.75, 3.05) is 46.1 Å². The van der Waals surface area contributed by atoms with Crippen molar-refractivity contribution in [3.8, 4) is 0 Å². The van der Waals surface area contributed by atoms with Gasteiger partial charge in [-0.2, -0.15) is 0 Å². The highest BCUT2D eigenvalue weighted by Crippen LogP contribution is 2.30. The molecule has 3 heterocycles. The van der Waals surface area contributed by atoms with Crippen molar-refractivity contribution in [1.29, 1.82) is 0 Å². The van der Waals surface area contributed by atoms with Gasteiger partial charge in [0.15, 0.2) is 0 Å². The van der Waals surface area contributed by atoms with Crippen molar-refractivity contribution in [1.82, 2.24) is 31.1 Å². The van der Waals surface area contributed by atoms with Crippen LogP contribution in [0.3, 0.4) is 0 Å². The monoisotopic (exact) mass is 489 g/mol. The van der Waals surface area contributed by atoms with Gasteiger partial charge < -0.3 is 26.0 Å². The summed E-state index contributed by atoms with van der Waals surface area (Å²) in [5.41, 5.74) is 6.16. The van der Waals surface area contributed by atoms with Gasteiger partial charge in [0, 0.05) is 31.7 Å². The van der Waals surface area contributed by atoms with Crippen LogP contribution in [0.5, 0.6) is 0 Å². The van der Waals surface area contributed by atoms with E-state index in [1.807, 2.05) is 4.90 Å². The van der Waals surface area contributed by atoms with Gasteiger partial charge in [-0.25, -0.2) is 4.90 Å². The number of nitrogens with one attached hydrogen (secondary N) is 4. The summed E-state index contributed by atoms with van der Waals surface area (Å²) in [6.07, 6.45) is 2.96. The van der Waals surface area contributed by atoms with Gasteiger partial charge in [0.2, 0.25) is 0 Å². The van der Waals surface area contributed by atoms with Crippen molar-refractivity contribution in [3.05, 3.63) is 0 Å². The lowest BCUT2D eigenvalue weighted by Gasteiger charge is -2.38. The molecule has 0 aromatic heterocycles. The summed E-state index contributed by atoms with van der Waals surface area (Å²) < 4.78 is 6.21. The third-order valence-electron chi connectivity index (χ3n) is 7.90. The number of aliphatic hydroxyl groups is 2. The highest BCUT2D eigenvalue weighted by atomic mass is 35.5. The first-order valence-corrected chi connectivity index (χ1v) is 13.2.